The van der Waals surface area contributed by atoms with Crippen LogP contribution in [0.5, 0.6) is 0 Å². The molecule has 0 unspecified atom stereocenters. The van der Waals surface area contributed by atoms with Crippen molar-refractivity contribution in [2.75, 3.05) is 6.61 Å². The number of aromatic amines is 2. The van der Waals surface area contributed by atoms with Crippen LogP contribution in [0, 0.1) is 6.92 Å². The van der Waals surface area contributed by atoms with Gasteiger partial charge < -0.3 is 20.5 Å². The lowest BCUT2D eigenvalue weighted by Crippen LogP contribution is -2.41. The molecule has 5 N–H and O–H groups in total. The number of carboxylic acids is 1. The molecule has 0 aliphatic heterocycles. The number of aliphatic hydroxyl groups is 1. The van der Waals surface area contributed by atoms with Gasteiger partial charge in [0.25, 0.3) is 5.56 Å². The molecule has 1 rings (SSSR count). The van der Waals surface area contributed by atoms with Gasteiger partial charge in [0.1, 0.15) is 6.04 Å². The number of nitrogens with one attached hydrogen (secondary N) is 3. The molecule has 116 valence electrons. The van der Waals surface area contributed by atoms with Gasteiger partial charge in [-0.05, 0) is 13.3 Å². The topological polar surface area (TPSA) is 152 Å². The molecule has 1 aromatic heterocycles. The van der Waals surface area contributed by atoms with Crippen molar-refractivity contribution < 1.29 is 19.8 Å². The van der Waals surface area contributed by atoms with E-state index in [1.54, 1.807) is 0 Å². The number of carboxylic acid groups (broad SMARTS) is 1. The summed E-state index contributed by atoms with van der Waals surface area (Å²) in [6, 6.07) is -1.17. The first kappa shape index (κ1) is 16.6. The zero-order valence-corrected chi connectivity index (χ0v) is 11.4. The summed E-state index contributed by atoms with van der Waals surface area (Å²) >= 11 is 0. The van der Waals surface area contributed by atoms with Gasteiger partial charge in [0.2, 0.25) is 5.91 Å². The summed E-state index contributed by atoms with van der Waals surface area (Å²) in [5, 5.41) is 19.8. The van der Waals surface area contributed by atoms with Crippen LogP contribution in [0.15, 0.2) is 9.59 Å². The maximum absolute atomic E-state index is 11.7. The molecular weight excluding hydrogens is 282 g/mol. The number of carbonyl (C=O) groups excluding carboxylic acids is 1. The maximum atomic E-state index is 11.7. The van der Waals surface area contributed by atoms with Crippen molar-refractivity contribution in [1.29, 1.82) is 0 Å². The van der Waals surface area contributed by atoms with Gasteiger partial charge in [-0.1, -0.05) is 0 Å². The summed E-state index contributed by atoms with van der Waals surface area (Å²) in [5.74, 6) is -1.80. The minimum atomic E-state index is -1.24. The van der Waals surface area contributed by atoms with Gasteiger partial charge in [-0.15, -0.1) is 0 Å². The fraction of sp³-hybridized carbons (Fsp3) is 0.500. The molecule has 0 spiro atoms. The van der Waals surface area contributed by atoms with E-state index >= 15 is 0 Å². The number of amides is 1. The fourth-order valence-corrected chi connectivity index (χ4v) is 1.82. The van der Waals surface area contributed by atoms with Crippen molar-refractivity contribution in [2.24, 2.45) is 0 Å². The summed E-state index contributed by atoms with van der Waals surface area (Å²) in [4.78, 5) is 49.5. The van der Waals surface area contributed by atoms with Crippen molar-refractivity contribution in [1.82, 2.24) is 15.3 Å². The Morgan fingerprint density at radius 3 is 2.48 bits per heavy atom. The van der Waals surface area contributed by atoms with E-state index in [2.05, 4.69) is 15.3 Å². The fourth-order valence-electron chi connectivity index (χ4n) is 1.82. The third kappa shape index (κ3) is 4.88. The molecule has 0 fully saturated rings. The van der Waals surface area contributed by atoms with Crippen LogP contribution >= 0.6 is 0 Å². The molecule has 0 aliphatic rings. The zero-order chi connectivity index (χ0) is 16.0. The summed E-state index contributed by atoms with van der Waals surface area (Å²) in [7, 11) is 0. The smallest absolute Gasteiger partial charge is 0.326 e. The molecule has 0 aliphatic carbocycles. The summed E-state index contributed by atoms with van der Waals surface area (Å²) < 4.78 is 0. The number of aliphatic hydroxyl groups excluding tert-OH is 1. The van der Waals surface area contributed by atoms with Gasteiger partial charge in [-0.3, -0.25) is 14.6 Å². The standard InChI is InChI=1S/C12H17N3O6/c1-6-7(10(18)15-12(21)13-6)2-3-9(17)14-8(4-5-16)11(19)20/h8,16H,2-5H2,1H3,(H,14,17)(H,19,20)(H2,13,15,18,21)/t8-/m0/s1. The highest BCUT2D eigenvalue weighted by atomic mass is 16.4. The molecule has 0 aromatic carbocycles. The first-order valence-electron chi connectivity index (χ1n) is 6.30. The Kier molecular flexibility index (Phi) is 5.85. The lowest BCUT2D eigenvalue weighted by atomic mass is 10.1. The Bertz CT molecular complexity index is 633. The van der Waals surface area contributed by atoms with Crippen molar-refractivity contribution in [3.05, 3.63) is 32.1 Å². The number of hydrogen-bond donors (Lipinski definition) is 5. The number of carbonyl (C=O) groups is 2. The number of aryl methyl sites for hydroxylation is 1. The second-order valence-electron chi connectivity index (χ2n) is 4.48. The molecule has 9 heteroatoms. The van der Waals surface area contributed by atoms with Gasteiger partial charge >= 0.3 is 11.7 Å². The zero-order valence-electron chi connectivity index (χ0n) is 11.4. The van der Waals surface area contributed by atoms with Gasteiger partial charge in [-0.2, -0.15) is 0 Å². The van der Waals surface area contributed by atoms with Crippen LogP contribution in [0.2, 0.25) is 0 Å². The molecule has 1 atom stereocenters. The van der Waals surface area contributed by atoms with Crippen LogP contribution in [0.1, 0.15) is 24.1 Å². The average molecular weight is 299 g/mol. The predicted molar refractivity (Wildman–Crippen MR) is 72.0 cm³/mol. The predicted octanol–water partition coefficient (Wildman–Crippen LogP) is -1.74. The van der Waals surface area contributed by atoms with Gasteiger partial charge in [0, 0.05) is 30.7 Å². The molecule has 0 radical (unpaired) electrons. The van der Waals surface area contributed by atoms with E-state index in [1.807, 2.05) is 0 Å². The van der Waals surface area contributed by atoms with Crippen LogP contribution in [0.4, 0.5) is 0 Å². The van der Waals surface area contributed by atoms with E-state index in [-0.39, 0.29) is 31.4 Å². The summed E-state index contributed by atoms with van der Waals surface area (Å²) in [6.07, 6.45) is -0.139. The Morgan fingerprint density at radius 1 is 1.29 bits per heavy atom. The minimum absolute atomic E-state index is 0.0647. The number of aliphatic carboxylic acids is 1. The Morgan fingerprint density at radius 2 is 1.95 bits per heavy atom. The number of hydrogen-bond acceptors (Lipinski definition) is 5. The van der Waals surface area contributed by atoms with Crippen LogP contribution in [0.3, 0.4) is 0 Å². The summed E-state index contributed by atoms with van der Waals surface area (Å²) in [6.45, 7) is 1.17. The van der Waals surface area contributed by atoms with Gasteiger partial charge in [0.05, 0.1) is 0 Å². The van der Waals surface area contributed by atoms with E-state index in [9.17, 15) is 19.2 Å². The van der Waals surface area contributed by atoms with E-state index < -0.39 is 29.2 Å². The molecule has 1 amide bonds. The highest BCUT2D eigenvalue weighted by molar-refractivity contribution is 5.83. The number of H-pyrrole nitrogens is 2. The Labute approximate surface area is 119 Å². The molecule has 21 heavy (non-hydrogen) atoms. The SMILES string of the molecule is Cc1[nH]c(=O)[nH]c(=O)c1CCC(=O)N[C@@H](CCO)C(=O)O. The second-order valence-corrected chi connectivity index (χ2v) is 4.48. The monoisotopic (exact) mass is 299 g/mol. The van der Waals surface area contributed by atoms with E-state index in [1.165, 1.54) is 6.92 Å². The largest absolute Gasteiger partial charge is 0.480 e. The Hall–Kier alpha value is -2.42. The molecule has 0 bridgehead atoms. The molecule has 0 saturated heterocycles. The third-order valence-electron chi connectivity index (χ3n) is 2.91. The molecule has 1 aromatic rings. The van der Waals surface area contributed by atoms with Crippen molar-refractivity contribution >= 4 is 11.9 Å². The normalized spacial score (nSPS) is 11.9. The van der Waals surface area contributed by atoms with Crippen molar-refractivity contribution in [2.45, 2.75) is 32.2 Å². The van der Waals surface area contributed by atoms with Crippen LogP contribution in [0.25, 0.3) is 0 Å². The number of aromatic nitrogens is 2. The Balaban J connectivity index is 2.67. The molecular formula is C12H17N3O6. The van der Waals surface area contributed by atoms with Crippen molar-refractivity contribution in [3.8, 4) is 0 Å². The third-order valence-corrected chi connectivity index (χ3v) is 2.91. The molecule has 1 heterocycles. The van der Waals surface area contributed by atoms with Crippen LogP contribution < -0.4 is 16.6 Å². The summed E-state index contributed by atoms with van der Waals surface area (Å²) in [5.41, 5.74) is -0.575. The van der Waals surface area contributed by atoms with Crippen LogP contribution in [-0.4, -0.2) is 44.7 Å². The maximum Gasteiger partial charge on any atom is 0.326 e. The molecule has 9 nitrogen and oxygen atoms in total. The van der Waals surface area contributed by atoms with E-state index in [0.29, 0.717) is 5.69 Å². The quantitative estimate of drug-likeness (QED) is 0.403. The van der Waals surface area contributed by atoms with Crippen LogP contribution in [-0.2, 0) is 16.0 Å². The van der Waals surface area contributed by atoms with E-state index in [4.69, 9.17) is 10.2 Å². The second kappa shape index (κ2) is 7.39. The van der Waals surface area contributed by atoms with Crippen molar-refractivity contribution in [3.63, 3.8) is 0 Å². The highest BCUT2D eigenvalue weighted by Gasteiger charge is 2.19. The highest BCUT2D eigenvalue weighted by Crippen LogP contribution is 2.01. The first-order chi connectivity index (χ1) is 9.85. The van der Waals surface area contributed by atoms with E-state index in [0.717, 1.165) is 0 Å². The lowest BCUT2D eigenvalue weighted by molar-refractivity contribution is -0.142. The lowest BCUT2D eigenvalue weighted by Gasteiger charge is -2.13. The number of rotatable bonds is 7. The minimum Gasteiger partial charge on any atom is -0.480 e. The average Bonchev–Trinajstić information content (AvgIpc) is 2.36. The van der Waals surface area contributed by atoms with Gasteiger partial charge in [-0.25, -0.2) is 9.59 Å². The van der Waals surface area contributed by atoms with Gasteiger partial charge in [0.15, 0.2) is 0 Å². The molecule has 0 saturated carbocycles. The first-order valence-corrected chi connectivity index (χ1v) is 6.30.